The van der Waals surface area contributed by atoms with E-state index in [0.717, 1.165) is 19.3 Å². The summed E-state index contributed by atoms with van der Waals surface area (Å²) >= 11 is 0. The van der Waals surface area contributed by atoms with Gasteiger partial charge in [0.25, 0.3) is 0 Å². The van der Waals surface area contributed by atoms with Crippen molar-refractivity contribution in [1.82, 2.24) is 0 Å². The van der Waals surface area contributed by atoms with Crippen LogP contribution in [-0.2, 0) is 0 Å². The Hall–Kier alpha value is -0.120. The summed E-state index contributed by atoms with van der Waals surface area (Å²) in [5, 5.41) is 28.0. The van der Waals surface area contributed by atoms with Crippen molar-refractivity contribution in [1.29, 1.82) is 0 Å². The van der Waals surface area contributed by atoms with E-state index in [9.17, 15) is 10.2 Å². The van der Waals surface area contributed by atoms with Crippen LogP contribution in [-0.4, -0.2) is 33.6 Å². The molecule has 0 saturated heterocycles. The van der Waals surface area contributed by atoms with E-state index in [0.29, 0.717) is 6.42 Å². The lowest BCUT2D eigenvalue weighted by Crippen LogP contribution is -2.51. The maximum Gasteiger partial charge on any atom is 0.0831 e. The van der Waals surface area contributed by atoms with Crippen LogP contribution in [0.2, 0.25) is 0 Å². The molecule has 70 valence electrons. The first-order valence-corrected chi connectivity index (χ1v) is 4.74. The molecule has 0 spiro atoms. The number of hydrogen-bond acceptors (Lipinski definition) is 3. The van der Waals surface area contributed by atoms with Crippen LogP contribution in [0.4, 0.5) is 0 Å². The Labute approximate surface area is 72.0 Å². The summed E-state index contributed by atoms with van der Waals surface area (Å²) in [6, 6.07) is 0. The van der Waals surface area contributed by atoms with Gasteiger partial charge in [-0.25, -0.2) is 0 Å². The lowest BCUT2D eigenvalue weighted by molar-refractivity contribution is -0.133. The summed E-state index contributed by atoms with van der Waals surface area (Å²) < 4.78 is 0. The molecule has 2 rings (SSSR count). The fourth-order valence-corrected chi connectivity index (χ4v) is 2.54. The van der Waals surface area contributed by atoms with Gasteiger partial charge < -0.3 is 15.3 Å². The predicted octanol–water partition coefficient (Wildman–Crippen LogP) is -0.111. The highest BCUT2D eigenvalue weighted by Crippen LogP contribution is 2.42. The van der Waals surface area contributed by atoms with Crippen LogP contribution < -0.4 is 0 Å². The standard InChI is InChI=1S/C9H16O3/c10-7-3-1-2-5(7)6-4-8(11)9(6)12/h5-12H,1-4H2. The minimum atomic E-state index is -0.581. The molecule has 5 atom stereocenters. The molecular formula is C9H16O3. The monoisotopic (exact) mass is 172 g/mol. The summed E-state index contributed by atoms with van der Waals surface area (Å²) in [5.74, 6) is 0.390. The molecule has 0 aromatic rings. The molecule has 5 unspecified atom stereocenters. The van der Waals surface area contributed by atoms with E-state index in [1.165, 1.54) is 0 Å². The third kappa shape index (κ3) is 1.16. The molecule has 0 aromatic carbocycles. The first-order chi connectivity index (χ1) is 5.70. The number of hydrogen-bond donors (Lipinski definition) is 3. The molecule has 2 aliphatic carbocycles. The predicted molar refractivity (Wildman–Crippen MR) is 43.5 cm³/mol. The van der Waals surface area contributed by atoms with Crippen LogP contribution in [0, 0.1) is 11.8 Å². The van der Waals surface area contributed by atoms with Crippen molar-refractivity contribution < 1.29 is 15.3 Å². The second-order valence-electron chi connectivity index (χ2n) is 4.12. The molecule has 0 bridgehead atoms. The maximum absolute atomic E-state index is 9.54. The SMILES string of the molecule is OC1CC(C2CCCC2O)C1O. The molecule has 0 radical (unpaired) electrons. The minimum absolute atomic E-state index is 0.150. The molecule has 3 N–H and O–H groups in total. The van der Waals surface area contributed by atoms with Crippen molar-refractivity contribution in [2.45, 2.75) is 44.0 Å². The lowest BCUT2D eigenvalue weighted by Gasteiger charge is -2.42. The number of rotatable bonds is 1. The smallest absolute Gasteiger partial charge is 0.0831 e. The van der Waals surface area contributed by atoms with E-state index >= 15 is 0 Å². The first-order valence-electron chi connectivity index (χ1n) is 4.74. The summed E-state index contributed by atoms with van der Waals surface area (Å²) in [5.41, 5.74) is 0. The topological polar surface area (TPSA) is 60.7 Å². The van der Waals surface area contributed by atoms with Gasteiger partial charge >= 0.3 is 0 Å². The second-order valence-corrected chi connectivity index (χ2v) is 4.12. The van der Waals surface area contributed by atoms with Gasteiger partial charge in [-0.15, -0.1) is 0 Å². The van der Waals surface area contributed by atoms with Crippen molar-refractivity contribution >= 4 is 0 Å². The van der Waals surface area contributed by atoms with Crippen LogP contribution in [0.15, 0.2) is 0 Å². The quantitative estimate of drug-likeness (QED) is 0.517. The van der Waals surface area contributed by atoms with Crippen LogP contribution in [0.5, 0.6) is 0 Å². The highest BCUT2D eigenvalue weighted by atomic mass is 16.3. The minimum Gasteiger partial charge on any atom is -0.393 e. The molecule has 0 aromatic heterocycles. The normalized spacial score (nSPS) is 53.8. The Bertz CT molecular complexity index is 171. The molecular weight excluding hydrogens is 156 g/mol. The molecule has 2 aliphatic rings. The van der Waals surface area contributed by atoms with Crippen LogP contribution in [0.3, 0.4) is 0 Å². The largest absolute Gasteiger partial charge is 0.393 e. The lowest BCUT2D eigenvalue weighted by atomic mass is 9.70. The van der Waals surface area contributed by atoms with Crippen molar-refractivity contribution in [3.8, 4) is 0 Å². The molecule has 0 heterocycles. The van der Waals surface area contributed by atoms with E-state index in [1.54, 1.807) is 0 Å². The third-order valence-electron chi connectivity index (χ3n) is 3.43. The Morgan fingerprint density at radius 3 is 2.00 bits per heavy atom. The van der Waals surface area contributed by atoms with Gasteiger partial charge in [0.05, 0.1) is 18.3 Å². The molecule has 3 nitrogen and oxygen atoms in total. The average Bonchev–Trinajstić information content (AvgIpc) is 2.46. The molecule has 0 aliphatic heterocycles. The summed E-state index contributed by atoms with van der Waals surface area (Å²) in [7, 11) is 0. The van der Waals surface area contributed by atoms with Crippen molar-refractivity contribution in [2.24, 2.45) is 11.8 Å². The Kier molecular flexibility index (Phi) is 2.10. The van der Waals surface area contributed by atoms with Gasteiger partial charge in [-0.3, -0.25) is 0 Å². The van der Waals surface area contributed by atoms with Gasteiger partial charge in [0.15, 0.2) is 0 Å². The summed E-state index contributed by atoms with van der Waals surface area (Å²) in [6.45, 7) is 0. The van der Waals surface area contributed by atoms with E-state index in [2.05, 4.69) is 0 Å². The fraction of sp³-hybridized carbons (Fsp3) is 1.00. The van der Waals surface area contributed by atoms with Crippen LogP contribution in [0.1, 0.15) is 25.7 Å². The molecule has 12 heavy (non-hydrogen) atoms. The molecule has 3 heteroatoms. The van der Waals surface area contributed by atoms with E-state index < -0.39 is 12.2 Å². The van der Waals surface area contributed by atoms with Gasteiger partial charge in [0, 0.05) is 0 Å². The van der Waals surface area contributed by atoms with Crippen molar-refractivity contribution in [3.63, 3.8) is 0 Å². The Balaban J connectivity index is 1.93. The second kappa shape index (κ2) is 2.98. The first kappa shape index (κ1) is 8.48. The van der Waals surface area contributed by atoms with Gasteiger partial charge in [-0.05, 0) is 31.1 Å². The zero-order valence-corrected chi connectivity index (χ0v) is 7.06. The zero-order chi connectivity index (χ0) is 8.72. The summed E-state index contributed by atoms with van der Waals surface area (Å²) in [4.78, 5) is 0. The average molecular weight is 172 g/mol. The molecule has 0 amide bonds. The number of aliphatic hydroxyl groups is 3. The van der Waals surface area contributed by atoms with E-state index in [4.69, 9.17) is 5.11 Å². The molecule has 2 saturated carbocycles. The van der Waals surface area contributed by atoms with Gasteiger partial charge in [0.2, 0.25) is 0 Å². The molecule has 2 fully saturated rings. The van der Waals surface area contributed by atoms with Crippen molar-refractivity contribution in [3.05, 3.63) is 0 Å². The van der Waals surface area contributed by atoms with E-state index in [1.807, 2.05) is 0 Å². The highest BCUT2D eigenvalue weighted by molar-refractivity contribution is 4.96. The third-order valence-corrected chi connectivity index (χ3v) is 3.43. The highest BCUT2D eigenvalue weighted by Gasteiger charge is 2.46. The van der Waals surface area contributed by atoms with Crippen molar-refractivity contribution in [2.75, 3.05) is 0 Å². The van der Waals surface area contributed by atoms with Gasteiger partial charge in [-0.1, -0.05) is 6.42 Å². The Morgan fingerprint density at radius 2 is 1.58 bits per heavy atom. The Morgan fingerprint density at radius 1 is 0.833 bits per heavy atom. The van der Waals surface area contributed by atoms with Crippen LogP contribution in [0.25, 0.3) is 0 Å². The van der Waals surface area contributed by atoms with E-state index in [-0.39, 0.29) is 17.9 Å². The number of aliphatic hydroxyl groups excluding tert-OH is 3. The van der Waals surface area contributed by atoms with Crippen LogP contribution >= 0.6 is 0 Å². The fourth-order valence-electron chi connectivity index (χ4n) is 2.54. The van der Waals surface area contributed by atoms with Gasteiger partial charge in [-0.2, -0.15) is 0 Å². The zero-order valence-electron chi connectivity index (χ0n) is 7.06. The maximum atomic E-state index is 9.54. The summed E-state index contributed by atoms with van der Waals surface area (Å²) in [6.07, 6.45) is 2.25. The van der Waals surface area contributed by atoms with Gasteiger partial charge in [0.1, 0.15) is 0 Å².